The number of carboxylic acid groups (broad SMARTS) is 1. The largest absolute Gasteiger partial charge is 0.481 e. The fourth-order valence-corrected chi connectivity index (χ4v) is 2.34. The molecule has 1 aromatic heterocycles. The first-order valence-electron chi connectivity index (χ1n) is 6.25. The molecule has 2 N–H and O–H groups in total. The second-order valence-electron chi connectivity index (χ2n) is 4.00. The van der Waals surface area contributed by atoms with Crippen LogP contribution in [-0.2, 0) is 9.53 Å². The summed E-state index contributed by atoms with van der Waals surface area (Å²) in [5.41, 5.74) is 0. The Hall–Kier alpha value is -1.24. The molecule has 1 atom stereocenters. The average molecular weight is 285 g/mol. The fourth-order valence-electron chi connectivity index (χ4n) is 1.62. The summed E-state index contributed by atoms with van der Waals surface area (Å²) in [6.45, 7) is 3.75. The van der Waals surface area contributed by atoms with Crippen LogP contribution in [0.15, 0.2) is 17.5 Å². The Morgan fingerprint density at radius 1 is 1.53 bits per heavy atom. The Balaban J connectivity index is 2.47. The maximum Gasteiger partial charge on any atom is 0.305 e. The van der Waals surface area contributed by atoms with Crippen molar-refractivity contribution < 1.29 is 19.4 Å². The first-order valence-corrected chi connectivity index (χ1v) is 7.13. The Kier molecular flexibility index (Phi) is 7.32. The molecule has 0 bridgehead atoms. The van der Waals surface area contributed by atoms with E-state index in [2.05, 4.69) is 5.32 Å². The molecule has 0 amide bonds. The van der Waals surface area contributed by atoms with Crippen molar-refractivity contribution in [2.45, 2.75) is 25.8 Å². The molecule has 5 nitrogen and oxygen atoms in total. The summed E-state index contributed by atoms with van der Waals surface area (Å²) in [7, 11) is 0. The van der Waals surface area contributed by atoms with E-state index in [1.807, 2.05) is 6.92 Å². The lowest BCUT2D eigenvalue weighted by Gasteiger charge is -2.14. The number of hydrogen-bond donors (Lipinski definition) is 2. The SMILES string of the molecule is CCOCCCNC(CC(=O)O)C(=O)c1cccs1. The average Bonchev–Trinajstić information content (AvgIpc) is 2.89. The number of aliphatic carboxylic acids is 1. The molecule has 1 aromatic rings. The Morgan fingerprint density at radius 3 is 2.89 bits per heavy atom. The monoisotopic (exact) mass is 285 g/mol. The molecule has 106 valence electrons. The van der Waals surface area contributed by atoms with Crippen LogP contribution in [0.1, 0.15) is 29.4 Å². The molecular weight excluding hydrogens is 266 g/mol. The van der Waals surface area contributed by atoms with Crippen LogP contribution in [0.4, 0.5) is 0 Å². The summed E-state index contributed by atoms with van der Waals surface area (Å²) in [5, 5.41) is 13.7. The number of Topliss-reactive ketones (excluding diaryl/α,β-unsaturated/α-hetero) is 1. The van der Waals surface area contributed by atoms with Crippen LogP contribution in [-0.4, -0.2) is 42.7 Å². The van der Waals surface area contributed by atoms with Crippen molar-refractivity contribution in [3.05, 3.63) is 22.4 Å². The van der Waals surface area contributed by atoms with Crippen molar-refractivity contribution in [3.8, 4) is 0 Å². The lowest BCUT2D eigenvalue weighted by atomic mass is 10.1. The molecule has 0 aromatic carbocycles. The molecular formula is C13H19NO4S. The molecule has 0 aliphatic heterocycles. The van der Waals surface area contributed by atoms with Crippen molar-refractivity contribution in [2.75, 3.05) is 19.8 Å². The highest BCUT2D eigenvalue weighted by molar-refractivity contribution is 7.12. The first-order chi connectivity index (χ1) is 9.15. The van der Waals surface area contributed by atoms with E-state index in [-0.39, 0.29) is 12.2 Å². The standard InChI is InChI=1S/C13H19NO4S/c1-2-18-7-4-6-14-10(9-12(15)16)13(17)11-5-3-8-19-11/h3,5,8,10,14H,2,4,6-7,9H2,1H3,(H,15,16). The van der Waals surface area contributed by atoms with Gasteiger partial charge < -0.3 is 15.2 Å². The normalized spacial score (nSPS) is 12.3. The molecule has 6 heteroatoms. The van der Waals surface area contributed by atoms with Crippen molar-refractivity contribution in [3.63, 3.8) is 0 Å². The number of hydrogen-bond acceptors (Lipinski definition) is 5. The summed E-state index contributed by atoms with van der Waals surface area (Å²) < 4.78 is 5.19. The first kappa shape index (κ1) is 15.8. The second-order valence-corrected chi connectivity index (χ2v) is 4.94. The molecule has 1 rings (SSSR count). The molecule has 1 unspecified atom stereocenters. The van der Waals surface area contributed by atoms with Gasteiger partial charge in [-0.1, -0.05) is 6.07 Å². The van der Waals surface area contributed by atoms with Crippen molar-refractivity contribution in [1.82, 2.24) is 5.32 Å². The fraction of sp³-hybridized carbons (Fsp3) is 0.538. The Labute approximate surface area is 116 Å². The van der Waals surface area contributed by atoms with E-state index >= 15 is 0 Å². The van der Waals surface area contributed by atoms with E-state index in [0.717, 1.165) is 6.42 Å². The van der Waals surface area contributed by atoms with Gasteiger partial charge in [0.15, 0.2) is 5.78 Å². The third kappa shape index (κ3) is 5.96. The van der Waals surface area contributed by atoms with Crippen LogP contribution in [0.25, 0.3) is 0 Å². The minimum atomic E-state index is -0.979. The lowest BCUT2D eigenvalue weighted by molar-refractivity contribution is -0.137. The van der Waals surface area contributed by atoms with E-state index in [4.69, 9.17) is 9.84 Å². The van der Waals surface area contributed by atoms with Crippen LogP contribution in [0.3, 0.4) is 0 Å². The van der Waals surface area contributed by atoms with Crippen LogP contribution in [0, 0.1) is 0 Å². The summed E-state index contributed by atoms with van der Waals surface area (Å²) in [6, 6.07) is 2.83. The molecule has 0 saturated carbocycles. The summed E-state index contributed by atoms with van der Waals surface area (Å²) in [4.78, 5) is 23.5. The van der Waals surface area contributed by atoms with Crippen LogP contribution in [0.5, 0.6) is 0 Å². The Morgan fingerprint density at radius 2 is 2.32 bits per heavy atom. The van der Waals surface area contributed by atoms with Crippen molar-refractivity contribution >= 4 is 23.1 Å². The number of nitrogens with one attached hydrogen (secondary N) is 1. The molecule has 0 radical (unpaired) electrons. The van der Waals surface area contributed by atoms with Crippen molar-refractivity contribution in [2.24, 2.45) is 0 Å². The maximum absolute atomic E-state index is 12.1. The molecule has 0 fully saturated rings. The summed E-state index contributed by atoms with van der Waals surface area (Å²) >= 11 is 1.33. The van der Waals surface area contributed by atoms with Crippen molar-refractivity contribution in [1.29, 1.82) is 0 Å². The van der Waals surface area contributed by atoms with Gasteiger partial charge in [-0.25, -0.2) is 0 Å². The van der Waals surface area contributed by atoms with E-state index in [9.17, 15) is 9.59 Å². The highest BCUT2D eigenvalue weighted by atomic mass is 32.1. The molecule has 0 spiro atoms. The maximum atomic E-state index is 12.1. The van der Waals surface area contributed by atoms with Crippen LogP contribution >= 0.6 is 11.3 Å². The van der Waals surface area contributed by atoms with E-state index < -0.39 is 12.0 Å². The molecule has 0 aliphatic rings. The van der Waals surface area contributed by atoms with Gasteiger partial charge in [-0.2, -0.15) is 0 Å². The van der Waals surface area contributed by atoms with Gasteiger partial charge in [0.2, 0.25) is 0 Å². The zero-order chi connectivity index (χ0) is 14.1. The lowest BCUT2D eigenvalue weighted by Crippen LogP contribution is -2.39. The number of carbonyl (C=O) groups is 2. The number of carboxylic acids is 1. The minimum Gasteiger partial charge on any atom is -0.481 e. The van der Waals surface area contributed by atoms with Gasteiger partial charge in [0.25, 0.3) is 0 Å². The number of thiophene rings is 1. The second kappa shape index (κ2) is 8.79. The van der Waals surface area contributed by atoms with Crippen LogP contribution in [0.2, 0.25) is 0 Å². The minimum absolute atomic E-state index is 0.159. The highest BCUT2D eigenvalue weighted by Crippen LogP contribution is 2.13. The van der Waals surface area contributed by atoms with Gasteiger partial charge in [-0.15, -0.1) is 11.3 Å². The number of carbonyl (C=O) groups excluding carboxylic acids is 1. The van der Waals surface area contributed by atoms with Gasteiger partial charge in [-0.3, -0.25) is 9.59 Å². The van der Waals surface area contributed by atoms with Gasteiger partial charge in [-0.05, 0) is 31.3 Å². The summed E-state index contributed by atoms with van der Waals surface area (Å²) in [6.07, 6.45) is 0.549. The third-order valence-electron chi connectivity index (χ3n) is 2.52. The highest BCUT2D eigenvalue weighted by Gasteiger charge is 2.22. The molecule has 19 heavy (non-hydrogen) atoms. The van der Waals surface area contributed by atoms with Gasteiger partial charge in [0, 0.05) is 13.2 Å². The van der Waals surface area contributed by atoms with E-state index in [0.29, 0.717) is 24.6 Å². The number of ketones is 1. The quantitative estimate of drug-likeness (QED) is 0.506. The van der Waals surface area contributed by atoms with Gasteiger partial charge in [0.05, 0.1) is 17.3 Å². The van der Waals surface area contributed by atoms with Gasteiger partial charge >= 0.3 is 5.97 Å². The topological polar surface area (TPSA) is 75.6 Å². The number of rotatable bonds is 10. The predicted molar refractivity (Wildman–Crippen MR) is 73.8 cm³/mol. The molecule has 0 aliphatic carbocycles. The zero-order valence-corrected chi connectivity index (χ0v) is 11.7. The molecule has 1 heterocycles. The number of ether oxygens (including phenoxy) is 1. The van der Waals surface area contributed by atoms with Crippen LogP contribution < -0.4 is 5.32 Å². The molecule has 0 saturated heterocycles. The Bertz CT molecular complexity index is 391. The van der Waals surface area contributed by atoms with Gasteiger partial charge in [0.1, 0.15) is 0 Å². The van der Waals surface area contributed by atoms with E-state index in [1.165, 1.54) is 11.3 Å². The smallest absolute Gasteiger partial charge is 0.305 e. The summed E-state index contributed by atoms with van der Waals surface area (Å²) in [5.74, 6) is -1.14. The predicted octanol–water partition coefficient (Wildman–Crippen LogP) is 1.79. The zero-order valence-electron chi connectivity index (χ0n) is 10.9. The van der Waals surface area contributed by atoms with E-state index in [1.54, 1.807) is 17.5 Å². The third-order valence-corrected chi connectivity index (χ3v) is 3.40.